The van der Waals surface area contributed by atoms with E-state index < -0.39 is 0 Å². The molecule has 2 heterocycles. The molecule has 0 bridgehead atoms. The van der Waals surface area contributed by atoms with Crippen molar-refractivity contribution in [2.75, 3.05) is 40.0 Å². The number of benzene rings is 1. The minimum atomic E-state index is 0.420. The molecule has 1 aromatic carbocycles. The Hall–Kier alpha value is -2.11. The van der Waals surface area contributed by atoms with Gasteiger partial charge >= 0.3 is 0 Å². The molecule has 0 unspecified atom stereocenters. The normalized spacial score (nSPS) is 20.2. The van der Waals surface area contributed by atoms with E-state index in [9.17, 15) is 0 Å². The molecule has 1 aliphatic heterocycles. The lowest BCUT2D eigenvalue weighted by Crippen LogP contribution is -2.38. The Morgan fingerprint density at radius 3 is 2.80 bits per heavy atom. The fourth-order valence-corrected chi connectivity index (χ4v) is 3.25. The predicted octanol–water partition coefficient (Wildman–Crippen LogP) is 2.88. The van der Waals surface area contributed by atoms with E-state index in [2.05, 4.69) is 40.6 Å². The lowest BCUT2D eigenvalue weighted by molar-refractivity contribution is 0.137. The van der Waals surface area contributed by atoms with Gasteiger partial charge in [0.25, 0.3) is 5.88 Å². The quantitative estimate of drug-likeness (QED) is 0.748. The maximum atomic E-state index is 6.09. The zero-order valence-corrected chi connectivity index (χ0v) is 14.7. The molecule has 1 aliphatic rings. The molecule has 1 aromatic heterocycles. The van der Waals surface area contributed by atoms with Crippen molar-refractivity contribution in [1.29, 1.82) is 0 Å². The van der Waals surface area contributed by atoms with E-state index in [0.717, 1.165) is 19.5 Å². The molecular formula is C20H26N2O3. The van der Waals surface area contributed by atoms with E-state index in [4.69, 9.17) is 14.2 Å². The predicted molar refractivity (Wildman–Crippen MR) is 97.3 cm³/mol. The highest BCUT2D eigenvalue weighted by Crippen LogP contribution is 2.32. The van der Waals surface area contributed by atoms with Crippen LogP contribution in [-0.2, 0) is 4.74 Å². The standard InChI is InChI=1S/C20H26N2O3/c1-23-12-13-24-20-19(8-5-10-22-20)25-15-17-14-21-11-9-18(17)16-6-3-2-4-7-16/h2-8,10,17-18,21H,9,11-15H2,1H3/t17-,18-/m0/s1. The van der Waals surface area contributed by atoms with Crippen LogP contribution in [0.25, 0.3) is 0 Å². The number of hydrogen-bond donors (Lipinski definition) is 1. The van der Waals surface area contributed by atoms with Gasteiger partial charge in [0.05, 0.1) is 13.2 Å². The number of nitrogens with zero attached hydrogens (tertiary/aromatic N) is 1. The molecule has 25 heavy (non-hydrogen) atoms. The van der Waals surface area contributed by atoms with Gasteiger partial charge in [0, 0.05) is 25.8 Å². The summed E-state index contributed by atoms with van der Waals surface area (Å²) in [4.78, 5) is 4.27. The molecule has 5 nitrogen and oxygen atoms in total. The molecule has 1 N–H and O–H groups in total. The highest BCUT2D eigenvalue weighted by molar-refractivity contribution is 5.32. The van der Waals surface area contributed by atoms with Crippen molar-refractivity contribution >= 4 is 0 Å². The van der Waals surface area contributed by atoms with Gasteiger partial charge in [-0.25, -0.2) is 4.98 Å². The zero-order chi connectivity index (χ0) is 17.3. The number of rotatable bonds is 8. The molecule has 0 radical (unpaired) electrons. The van der Waals surface area contributed by atoms with Gasteiger partial charge in [-0.05, 0) is 36.6 Å². The first kappa shape index (κ1) is 17.7. The third-order valence-corrected chi connectivity index (χ3v) is 4.55. The summed E-state index contributed by atoms with van der Waals surface area (Å²) in [6.45, 7) is 3.63. The molecule has 3 rings (SSSR count). The molecule has 134 valence electrons. The fourth-order valence-electron chi connectivity index (χ4n) is 3.25. The molecule has 1 saturated heterocycles. The van der Waals surface area contributed by atoms with Gasteiger partial charge in [0.15, 0.2) is 5.75 Å². The SMILES string of the molecule is COCCOc1ncccc1OC[C@@H]1CNCC[C@H]1c1ccccc1. The van der Waals surface area contributed by atoms with Gasteiger partial charge in [0.2, 0.25) is 0 Å². The lowest BCUT2D eigenvalue weighted by atomic mass is 9.81. The van der Waals surface area contributed by atoms with Crippen molar-refractivity contribution < 1.29 is 14.2 Å². The number of nitrogens with one attached hydrogen (secondary N) is 1. The lowest BCUT2D eigenvalue weighted by Gasteiger charge is -2.32. The van der Waals surface area contributed by atoms with Crippen LogP contribution in [0.3, 0.4) is 0 Å². The van der Waals surface area contributed by atoms with Crippen molar-refractivity contribution in [2.45, 2.75) is 12.3 Å². The molecule has 2 aromatic rings. The second-order valence-electron chi connectivity index (χ2n) is 6.23. The average Bonchev–Trinajstić information content (AvgIpc) is 2.68. The Balaban J connectivity index is 1.63. The molecule has 5 heteroatoms. The average molecular weight is 342 g/mol. The number of aromatic nitrogens is 1. The highest BCUT2D eigenvalue weighted by atomic mass is 16.5. The van der Waals surface area contributed by atoms with Crippen LogP contribution in [0.5, 0.6) is 11.6 Å². The summed E-state index contributed by atoms with van der Waals surface area (Å²) >= 11 is 0. The minimum Gasteiger partial charge on any atom is -0.488 e. The molecule has 2 atom stereocenters. The molecule has 1 fully saturated rings. The largest absolute Gasteiger partial charge is 0.488 e. The van der Waals surface area contributed by atoms with Gasteiger partial charge in [-0.2, -0.15) is 0 Å². The van der Waals surface area contributed by atoms with E-state index in [0.29, 0.717) is 43.3 Å². The smallest absolute Gasteiger partial charge is 0.257 e. The first-order valence-electron chi connectivity index (χ1n) is 8.83. The molecule has 0 aliphatic carbocycles. The highest BCUT2D eigenvalue weighted by Gasteiger charge is 2.27. The van der Waals surface area contributed by atoms with Gasteiger partial charge in [-0.15, -0.1) is 0 Å². The summed E-state index contributed by atoms with van der Waals surface area (Å²) in [5.74, 6) is 2.15. The summed E-state index contributed by atoms with van der Waals surface area (Å²) in [5, 5.41) is 3.48. The van der Waals surface area contributed by atoms with Crippen LogP contribution in [0.4, 0.5) is 0 Å². The van der Waals surface area contributed by atoms with E-state index >= 15 is 0 Å². The van der Waals surface area contributed by atoms with Crippen LogP contribution in [0, 0.1) is 5.92 Å². The van der Waals surface area contributed by atoms with Gasteiger partial charge in [-0.3, -0.25) is 0 Å². The second kappa shape index (κ2) is 9.39. The van der Waals surface area contributed by atoms with Gasteiger partial charge < -0.3 is 19.5 Å². The first-order chi connectivity index (χ1) is 12.4. The van der Waals surface area contributed by atoms with E-state index in [1.807, 2.05) is 12.1 Å². The summed E-state index contributed by atoms with van der Waals surface area (Å²) in [7, 11) is 1.65. The fraction of sp³-hybridized carbons (Fsp3) is 0.450. The summed E-state index contributed by atoms with van der Waals surface area (Å²) in [5.41, 5.74) is 1.39. The van der Waals surface area contributed by atoms with Crippen LogP contribution >= 0.6 is 0 Å². The number of hydrogen-bond acceptors (Lipinski definition) is 5. The van der Waals surface area contributed by atoms with Crippen molar-refractivity contribution in [3.8, 4) is 11.6 Å². The number of methoxy groups -OCH3 is 1. The maximum absolute atomic E-state index is 6.09. The van der Waals surface area contributed by atoms with E-state index in [1.165, 1.54) is 5.56 Å². The van der Waals surface area contributed by atoms with Crippen LogP contribution in [0.2, 0.25) is 0 Å². The summed E-state index contributed by atoms with van der Waals surface area (Å²) in [6.07, 6.45) is 2.84. The number of ether oxygens (including phenoxy) is 3. The van der Waals surface area contributed by atoms with Crippen LogP contribution in [-0.4, -0.2) is 45.0 Å². The van der Waals surface area contributed by atoms with Gasteiger partial charge in [0.1, 0.15) is 6.61 Å². The van der Waals surface area contributed by atoms with Crippen LogP contribution < -0.4 is 14.8 Å². The van der Waals surface area contributed by atoms with Crippen molar-refractivity contribution in [1.82, 2.24) is 10.3 Å². The van der Waals surface area contributed by atoms with Crippen LogP contribution in [0.15, 0.2) is 48.7 Å². The van der Waals surface area contributed by atoms with Crippen molar-refractivity contribution in [3.05, 3.63) is 54.2 Å². The molecule has 0 saturated carbocycles. The Bertz CT molecular complexity index is 636. The second-order valence-corrected chi connectivity index (χ2v) is 6.23. The maximum Gasteiger partial charge on any atom is 0.257 e. The molecule has 0 spiro atoms. The third kappa shape index (κ3) is 4.94. The van der Waals surface area contributed by atoms with Crippen molar-refractivity contribution in [3.63, 3.8) is 0 Å². The topological polar surface area (TPSA) is 52.6 Å². The Morgan fingerprint density at radius 1 is 1.08 bits per heavy atom. The minimum absolute atomic E-state index is 0.420. The van der Waals surface area contributed by atoms with Gasteiger partial charge in [-0.1, -0.05) is 30.3 Å². The molecular weight excluding hydrogens is 316 g/mol. The van der Waals surface area contributed by atoms with Crippen molar-refractivity contribution in [2.24, 2.45) is 5.92 Å². The van der Waals surface area contributed by atoms with E-state index in [-0.39, 0.29) is 0 Å². The number of pyridine rings is 1. The Morgan fingerprint density at radius 2 is 1.96 bits per heavy atom. The monoisotopic (exact) mass is 342 g/mol. The Kier molecular flexibility index (Phi) is 6.65. The Labute approximate surface area is 149 Å². The first-order valence-corrected chi connectivity index (χ1v) is 8.83. The number of piperidine rings is 1. The summed E-state index contributed by atoms with van der Waals surface area (Å²) < 4.78 is 16.8. The third-order valence-electron chi connectivity index (χ3n) is 4.55. The molecule has 0 amide bonds. The van der Waals surface area contributed by atoms with E-state index in [1.54, 1.807) is 13.3 Å². The summed E-state index contributed by atoms with van der Waals surface area (Å²) in [6, 6.07) is 14.5. The zero-order valence-electron chi connectivity index (χ0n) is 14.7. The van der Waals surface area contributed by atoms with Crippen LogP contribution in [0.1, 0.15) is 17.9 Å².